The van der Waals surface area contributed by atoms with Crippen LogP contribution in [0.25, 0.3) is 0 Å². The largest absolute Gasteiger partial charge is 0.418 e. The van der Waals surface area contributed by atoms with Crippen molar-refractivity contribution in [3.63, 3.8) is 0 Å². The molecule has 0 spiro atoms. The number of nitrogens with one attached hydrogen (secondary N) is 1. The Labute approximate surface area is 182 Å². The van der Waals surface area contributed by atoms with Crippen LogP contribution in [0.1, 0.15) is 33.8 Å². The van der Waals surface area contributed by atoms with E-state index >= 15 is 0 Å². The molecule has 1 saturated heterocycles. The zero-order valence-corrected chi connectivity index (χ0v) is 18.3. The number of carbonyl (C=O) groups excluding carboxylic acids is 3. The average Bonchev–Trinajstić information content (AvgIpc) is 3.33. The molecule has 32 heavy (non-hydrogen) atoms. The smallest absolute Gasteiger partial charge is 0.347 e. The van der Waals surface area contributed by atoms with Crippen molar-refractivity contribution in [3.8, 4) is 0 Å². The fraction of sp³-hybridized carbons (Fsp3) is 0.438. The van der Waals surface area contributed by atoms with Gasteiger partial charge in [0.25, 0.3) is 11.8 Å². The summed E-state index contributed by atoms with van der Waals surface area (Å²) in [6.07, 6.45) is 1.48. The molecule has 0 aliphatic carbocycles. The first-order valence-electron chi connectivity index (χ1n) is 9.25. The number of urea groups is 1. The Morgan fingerprint density at radius 1 is 1.28 bits per heavy atom. The van der Waals surface area contributed by atoms with Gasteiger partial charge in [0.15, 0.2) is 11.7 Å². The molecule has 2 bridgehead atoms. The van der Waals surface area contributed by atoms with Crippen LogP contribution in [0.4, 0.5) is 10.6 Å². The Balaban J connectivity index is 1.86. The van der Waals surface area contributed by atoms with Crippen LogP contribution < -0.4 is 5.32 Å². The van der Waals surface area contributed by atoms with Crippen molar-refractivity contribution in [2.75, 3.05) is 26.0 Å². The summed E-state index contributed by atoms with van der Waals surface area (Å²) in [6.45, 7) is -0.163. The molecule has 1 fully saturated rings. The SMILES string of the molecule is CN(C)C(=O)C1c2c(c(C(=O)Nc3ccnn3C)nn2C)C2CN1C(=O)N2OS(=O)(=O)O. The molecule has 4 heterocycles. The van der Waals surface area contributed by atoms with E-state index in [4.69, 9.17) is 4.55 Å². The van der Waals surface area contributed by atoms with E-state index < -0.39 is 40.3 Å². The minimum absolute atomic E-state index is 0.136. The maximum Gasteiger partial charge on any atom is 0.418 e. The van der Waals surface area contributed by atoms with Crippen LogP contribution in [0.5, 0.6) is 0 Å². The van der Waals surface area contributed by atoms with Crippen molar-refractivity contribution in [2.45, 2.75) is 12.1 Å². The number of hydrogen-bond donors (Lipinski definition) is 2. The second-order valence-electron chi connectivity index (χ2n) is 7.48. The second kappa shape index (κ2) is 7.28. The molecule has 4 amide bonds. The first-order valence-corrected chi connectivity index (χ1v) is 10.6. The van der Waals surface area contributed by atoms with E-state index in [9.17, 15) is 22.8 Å². The van der Waals surface area contributed by atoms with Gasteiger partial charge in [0.2, 0.25) is 0 Å². The molecule has 2 aliphatic rings. The van der Waals surface area contributed by atoms with Crippen LogP contribution >= 0.6 is 0 Å². The summed E-state index contributed by atoms with van der Waals surface area (Å²) in [5, 5.41) is 11.3. The molecule has 2 aromatic heterocycles. The quantitative estimate of drug-likeness (QED) is 0.525. The van der Waals surface area contributed by atoms with Crippen molar-refractivity contribution in [2.24, 2.45) is 14.1 Å². The van der Waals surface area contributed by atoms with Gasteiger partial charge in [0, 0.05) is 39.8 Å². The third kappa shape index (κ3) is 3.37. The fourth-order valence-corrected chi connectivity index (χ4v) is 4.27. The zero-order chi connectivity index (χ0) is 23.5. The number of rotatable bonds is 5. The van der Waals surface area contributed by atoms with Gasteiger partial charge in [-0.15, -0.1) is 4.28 Å². The number of hydrogen-bond acceptors (Lipinski definition) is 8. The first kappa shape index (κ1) is 21.7. The molecule has 2 unspecified atom stereocenters. The van der Waals surface area contributed by atoms with Crippen molar-refractivity contribution in [1.82, 2.24) is 34.4 Å². The van der Waals surface area contributed by atoms with Crippen LogP contribution in [-0.4, -0.2) is 85.9 Å². The van der Waals surface area contributed by atoms with E-state index in [2.05, 4.69) is 19.8 Å². The van der Waals surface area contributed by atoms with Crippen molar-refractivity contribution < 1.29 is 31.6 Å². The van der Waals surface area contributed by atoms with Crippen LogP contribution in [0.2, 0.25) is 0 Å². The molecule has 2 aliphatic heterocycles. The Morgan fingerprint density at radius 3 is 2.53 bits per heavy atom. The second-order valence-corrected chi connectivity index (χ2v) is 8.48. The summed E-state index contributed by atoms with van der Waals surface area (Å²) in [5.74, 6) is -0.796. The molecule has 0 aromatic carbocycles. The third-order valence-electron chi connectivity index (χ3n) is 5.25. The Bertz CT molecular complexity index is 1230. The lowest BCUT2D eigenvalue weighted by molar-refractivity contribution is -0.134. The molecule has 2 atom stereocenters. The maximum absolute atomic E-state index is 13.1. The van der Waals surface area contributed by atoms with E-state index in [1.807, 2.05) is 0 Å². The number of carbonyl (C=O) groups is 3. The number of nitrogens with zero attached hydrogens (tertiary/aromatic N) is 7. The molecular weight excluding hydrogens is 448 g/mol. The van der Waals surface area contributed by atoms with Crippen molar-refractivity contribution in [1.29, 1.82) is 0 Å². The zero-order valence-electron chi connectivity index (χ0n) is 17.5. The normalized spacial score (nSPS) is 19.8. The van der Waals surface area contributed by atoms with E-state index in [1.165, 1.54) is 41.6 Å². The summed E-state index contributed by atoms with van der Waals surface area (Å²) in [5.41, 5.74) is 0.228. The minimum Gasteiger partial charge on any atom is -0.347 e. The van der Waals surface area contributed by atoms with Gasteiger partial charge < -0.3 is 15.1 Å². The number of aromatic nitrogens is 4. The van der Waals surface area contributed by atoms with Gasteiger partial charge in [-0.05, 0) is 0 Å². The van der Waals surface area contributed by atoms with Gasteiger partial charge in [0.1, 0.15) is 11.9 Å². The van der Waals surface area contributed by atoms with Crippen LogP contribution in [0.3, 0.4) is 0 Å². The maximum atomic E-state index is 13.1. The predicted octanol–water partition coefficient (Wildman–Crippen LogP) is -0.938. The Morgan fingerprint density at radius 2 is 1.97 bits per heavy atom. The molecular formula is C16H20N8O7S. The summed E-state index contributed by atoms with van der Waals surface area (Å²) >= 11 is 0. The Hall–Kier alpha value is -3.50. The van der Waals surface area contributed by atoms with Crippen LogP contribution in [0.15, 0.2) is 12.3 Å². The highest BCUT2D eigenvalue weighted by atomic mass is 32.3. The lowest BCUT2D eigenvalue weighted by Gasteiger charge is -2.31. The average molecular weight is 468 g/mol. The van der Waals surface area contributed by atoms with Crippen LogP contribution in [-0.2, 0) is 33.6 Å². The molecule has 0 radical (unpaired) electrons. The summed E-state index contributed by atoms with van der Waals surface area (Å²) in [7, 11) is 1.04. The van der Waals surface area contributed by atoms with Gasteiger partial charge in [-0.3, -0.25) is 23.5 Å². The van der Waals surface area contributed by atoms with Gasteiger partial charge in [-0.25, -0.2) is 4.79 Å². The topological polar surface area (TPSA) is 172 Å². The van der Waals surface area contributed by atoms with Crippen molar-refractivity contribution in [3.05, 3.63) is 29.2 Å². The molecule has 16 heteroatoms. The summed E-state index contributed by atoms with van der Waals surface area (Å²) in [6, 6.07) is -1.71. The lowest BCUT2D eigenvalue weighted by Crippen LogP contribution is -2.44. The highest BCUT2D eigenvalue weighted by molar-refractivity contribution is 7.80. The highest BCUT2D eigenvalue weighted by Crippen LogP contribution is 2.46. The summed E-state index contributed by atoms with van der Waals surface area (Å²) in [4.78, 5) is 41.3. The molecule has 172 valence electrons. The standard InChI is InChI=1S/C16H20N8O7S/c1-20(2)15(26)13-12-10(8-7-23(13)16(27)24(8)31-32(28,29)30)11(19-22(12)4)14(25)18-9-5-6-17-21(9)3/h5-6,8,13H,7H2,1-4H3,(H,18,25)(H,28,29,30). The molecule has 2 aromatic rings. The number of aryl methyl sites for hydroxylation is 2. The summed E-state index contributed by atoms with van der Waals surface area (Å²) < 4.78 is 39.1. The monoisotopic (exact) mass is 468 g/mol. The van der Waals surface area contributed by atoms with Crippen molar-refractivity contribution >= 4 is 34.1 Å². The van der Waals surface area contributed by atoms with E-state index in [-0.39, 0.29) is 23.5 Å². The highest BCUT2D eigenvalue weighted by Gasteiger charge is 2.55. The van der Waals surface area contributed by atoms with Crippen LogP contribution in [0, 0.1) is 0 Å². The predicted molar refractivity (Wildman–Crippen MR) is 105 cm³/mol. The van der Waals surface area contributed by atoms with Gasteiger partial charge in [-0.1, -0.05) is 0 Å². The Kier molecular flexibility index (Phi) is 4.94. The van der Waals surface area contributed by atoms with Gasteiger partial charge >= 0.3 is 16.4 Å². The molecule has 0 saturated carbocycles. The number of fused-ring (bicyclic) bond motifs is 4. The number of likely N-dealkylation sites (N-methyl/N-ethyl adjacent to an activating group) is 1. The molecule has 15 nitrogen and oxygen atoms in total. The molecule has 2 N–H and O–H groups in total. The van der Waals surface area contributed by atoms with Gasteiger partial charge in [0.05, 0.1) is 18.4 Å². The number of anilines is 1. The lowest BCUT2D eigenvalue weighted by atomic mass is 9.94. The fourth-order valence-electron chi connectivity index (χ4n) is 3.90. The minimum atomic E-state index is -5.06. The van der Waals surface area contributed by atoms with E-state index in [0.29, 0.717) is 10.9 Å². The van der Waals surface area contributed by atoms with E-state index in [0.717, 1.165) is 4.90 Å². The van der Waals surface area contributed by atoms with Gasteiger partial charge in [-0.2, -0.15) is 23.7 Å². The third-order valence-corrected chi connectivity index (χ3v) is 5.60. The van der Waals surface area contributed by atoms with E-state index in [1.54, 1.807) is 13.1 Å². The number of amides is 4. The molecule has 4 rings (SSSR count). The first-order chi connectivity index (χ1) is 14.9. The number of hydroxylamine groups is 2.